The number of hydrogen-bond acceptors (Lipinski definition) is 4. The Kier molecular flexibility index (Phi) is 3.69. The largest absolute Gasteiger partial charge is 0.451 e. The van der Waals surface area contributed by atoms with E-state index in [0.29, 0.717) is 6.29 Å². The van der Waals surface area contributed by atoms with Crippen LogP contribution in [0.2, 0.25) is 0 Å². The summed E-state index contributed by atoms with van der Waals surface area (Å²) in [5.41, 5.74) is -0.445. The summed E-state index contributed by atoms with van der Waals surface area (Å²) in [5, 5.41) is 10.6. The summed E-state index contributed by atoms with van der Waals surface area (Å²) in [7, 11) is 0. The molecule has 0 aliphatic heterocycles. The molecule has 0 atom stereocenters. The van der Waals surface area contributed by atoms with Gasteiger partial charge in [0, 0.05) is 11.6 Å². The number of nitrogens with zero attached hydrogens (tertiary/aromatic N) is 1. The standard InChI is InChI=1S/C13H7F2NO4/c14-11-4-8(7-17)5-12(15)13(11)20-10-3-1-2-9(6-10)16(18)19/h1-7H. The van der Waals surface area contributed by atoms with Crippen LogP contribution in [0, 0.1) is 21.7 Å². The third kappa shape index (κ3) is 2.77. The molecule has 0 fully saturated rings. The van der Waals surface area contributed by atoms with Gasteiger partial charge in [0.1, 0.15) is 12.0 Å². The first-order valence-corrected chi connectivity index (χ1v) is 5.38. The lowest BCUT2D eigenvalue weighted by molar-refractivity contribution is -0.384. The third-order valence-corrected chi connectivity index (χ3v) is 2.41. The molecular weight excluding hydrogens is 272 g/mol. The normalized spacial score (nSPS) is 10.1. The van der Waals surface area contributed by atoms with Crippen molar-refractivity contribution in [3.05, 3.63) is 63.7 Å². The van der Waals surface area contributed by atoms with Crippen molar-refractivity contribution in [2.45, 2.75) is 0 Å². The molecule has 102 valence electrons. The maximum atomic E-state index is 13.6. The van der Waals surface area contributed by atoms with E-state index < -0.39 is 22.3 Å². The van der Waals surface area contributed by atoms with Gasteiger partial charge in [-0.3, -0.25) is 14.9 Å². The zero-order valence-corrected chi connectivity index (χ0v) is 9.88. The number of rotatable bonds is 4. The van der Waals surface area contributed by atoms with E-state index in [1.54, 1.807) is 0 Å². The van der Waals surface area contributed by atoms with E-state index in [1.807, 2.05) is 0 Å². The maximum absolute atomic E-state index is 13.6. The van der Waals surface area contributed by atoms with Crippen molar-refractivity contribution < 1.29 is 23.2 Å². The second-order valence-corrected chi connectivity index (χ2v) is 3.79. The van der Waals surface area contributed by atoms with Crippen molar-refractivity contribution in [2.75, 3.05) is 0 Å². The van der Waals surface area contributed by atoms with E-state index >= 15 is 0 Å². The van der Waals surface area contributed by atoms with Crippen LogP contribution in [0.1, 0.15) is 10.4 Å². The molecule has 0 spiro atoms. The van der Waals surface area contributed by atoms with Gasteiger partial charge in [0.05, 0.1) is 11.0 Å². The number of benzene rings is 2. The lowest BCUT2D eigenvalue weighted by atomic mass is 10.2. The van der Waals surface area contributed by atoms with Gasteiger partial charge >= 0.3 is 0 Å². The fraction of sp³-hybridized carbons (Fsp3) is 0. The van der Waals surface area contributed by atoms with Crippen molar-refractivity contribution in [2.24, 2.45) is 0 Å². The Morgan fingerprint density at radius 1 is 1.15 bits per heavy atom. The lowest BCUT2D eigenvalue weighted by Crippen LogP contribution is -1.96. The SMILES string of the molecule is O=Cc1cc(F)c(Oc2cccc([N+](=O)[O-])c2)c(F)c1. The number of carbonyl (C=O) groups is 1. The Morgan fingerprint density at radius 3 is 2.35 bits per heavy atom. The van der Waals surface area contributed by atoms with E-state index in [0.717, 1.165) is 18.2 Å². The van der Waals surface area contributed by atoms with Gasteiger partial charge in [0.2, 0.25) is 0 Å². The summed E-state index contributed by atoms with van der Waals surface area (Å²) in [6, 6.07) is 6.51. The zero-order valence-electron chi connectivity index (χ0n) is 9.88. The zero-order chi connectivity index (χ0) is 14.7. The Balaban J connectivity index is 2.37. The molecule has 2 aromatic rings. The van der Waals surface area contributed by atoms with E-state index in [2.05, 4.69) is 0 Å². The highest BCUT2D eigenvalue weighted by molar-refractivity contribution is 5.75. The van der Waals surface area contributed by atoms with Crippen LogP contribution in [-0.4, -0.2) is 11.2 Å². The van der Waals surface area contributed by atoms with Crippen LogP contribution in [0.15, 0.2) is 36.4 Å². The molecular formula is C13H7F2NO4. The molecule has 0 amide bonds. The second kappa shape index (κ2) is 5.43. The molecule has 0 aromatic heterocycles. The van der Waals surface area contributed by atoms with E-state index in [-0.39, 0.29) is 17.0 Å². The monoisotopic (exact) mass is 279 g/mol. The van der Waals surface area contributed by atoms with Crippen LogP contribution in [0.5, 0.6) is 11.5 Å². The van der Waals surface area contributed by atoms with Gasteiger partial charge in [-0.1, -0.05) is 6.07 Å². The number of non-ortho nitro benzene ring substituents is 1. The van der Waals surface area contributed by atoms with Crippen LogP contribution in [0.25, 0.3) is 0 Å². The highest BCUT2D eigenvalue weighted by atomic mass is 19.1. The minimum absolute atomic E-state index is 0.0872. The van der Waals surface area contributed by atoms with E-state index in [1.165, 1.54) is 18.2 Å². The smallest absolute Gasteiger partial charge is 0.273 e. The Labute approximate surface area is 111 Å². The van der Waals surface area contributed by atoms with Crippen molar-refractivity contribution >= 4 is 12.0 Å². The second-order valence-electron chi connectivity index (χ2n) is 3.79. The fourth-order valence-electron chi connectivity index (χ4n) is 1.52. The van der Waals surface area contributed by atoms with Crippen molar-refractivity contribution in [3.63, 3.8) is 0 Å². The molecule has 0 aliphatic carbocycles. The number of aldehydes is 1. The lowest BCUT2D eigenvalue weighted by Gasteiger charge is -2.08. The molecule has 0 unspecified atom stereocenters. The van der Waals surface area contributed by atoms with Crippen LogP contribution >= 0.6 is 0 Å². The van der Waals surface area contributed by atoms with Gasteiger partial charge in [0.15, 0.2) is 17.4 Å². The highest BCUT2D eigenvalue weighted by Crippen LogP contribution is 2.30. The molecule has 0 N–H and O–H groups in total. The average Bonchev–Trinajstić information content (AvgIpc) is 2.42. The minimum Gasteiger partial charge on any atom is -0.451 e. The van der Waals surface area contributed by atoms with Crippen molar-refractivity contribution in [1.29, 1.82) is 0 Å². The number of hydrogen-bond donors (Lipinski definition) is 0. The molecule has 0 heterocycles. The Hall–Kier alpha value is -2.83. The van der Waals surface area contributed by atoms with Gasteiger partial charge in [-0.15, -0.1) is 0 Å². The molecule has 20 heavy (non-hydrogen) atoms. The quantitative estimate of drug-likeness (QED) is 0.488. The van der Waals surface area contributed by atoms with Crippen LogP contribution < -0.4 is 4.74 Å². The number of nitro groups is 1. The number of nitro benzene ring substituents is 1. The minimum atomic E-state index is -1.07. The van der Waals surface area contributed by atoms with Gasteiger partial charge < -0.3 is 4.74 Å². The summed E-state index contributed by atoms with van der Waals surface area (Å²) in [5.74, 6) is -2.95. The van der Waals surface area contributed by atoms with Crippen LogP contribution in [0.3, 0.4) is 0 Å². The van der Waals surface area contributed by atoms with Crippen LogP contribution in [-0.2, 0) is 0 Å². The number of ether oxygens (including phenoxy) is 1. The molecule has 0 aliphatic rings. The summed E-state index contributed by atoms with van der Waals surface area (Å²) in [6.07, 6.45) is 0.295. The Morgan fingerprint density at radius 2 is 1.80 bits per heavy atom. The predicted molar refractivity (Wildman–Crippen MR) is 64.9 cm³/mol. The van der Waals surface area contributed by atoms with Crippen molar-refractivity contribution in [3.8, 4) is 11.5 Å². The molecule has 7 heteroatoms. The first-order valence-electron chi connectivity index (χ1n) is 5.38. The molecule has 5 nitrogen and oxygen atoms in total. The third-order valence-electron chi connectivity index (χ3n) is 2.41. The average molecular weight is 279 g/mol. The van der Waals surface area contributed by atoms with E-state index in [4.69, 9.17) is 4.74 Å². The highest BCUT2D eigenvalue weighted by Gasteiger charge is 2.15. The summed E-state index contributed by atoms with van der Waals surface area (Å²) in [4.78, 5) is 20.4. The first-order chi connectivity index (χ1) is 9.51. The van der Waals surface area contributed by atoms with E-state index in [9.17, 15) is 23.7 Å². The molecule has 0 saturated heterocycles. The summed E-state index contributed by atoms with van der Waals surface area (Å²) < 4.78 is 32.1. The summed E-state index contributed by atoms with van der Waals surface area (Å²) >= 11 is 0. The first kappa shape index (κ1) is 13.6. The number of carbonyl (C=O) groups excluding carboxylic acids is 1. The topological polar surface area (TPSA) is 69.4 Å². The number of halogens is 2. The fourth-order valence-corrected chi connectivity index (χ4v) is 1.52. The molecule has 0 bridgehead atoms. The summed E-state index contributed by atoms with van der Waals surface area (Å²) in [6.45, 7) is 0. The molecule has 0 saturated carbocycles. The Bertz CT molecular complexity index is 665. The van der Waals surface area contributed by atoms with Gasteiger partial charge in [-0.25, -0.2) is 8.78 Å². The van der Waals surface area contributed by atoms with Gasteiger partial charge in [-0.2, -0.15) is 0 Å². The maximum Gasteiger partial charge on any atom is 0.273 e. The predicted octanol–water partition coefficient (Wildman–Crippen LogP) is 3.48. The van der Waals surface area contributed by atoms with Crippen molar-refractivity contribution in [1.82, 2.24) is 0 Å². The van der Waals surface area contributed by atoms with Crippen LogP contribution in [0.4, 0.5) is 14.5 Å². The molecule has 2 aromatic carbocycles. The van der Waals surface area contributed by atoms with Gasteiger partial charge in [0.25, 0.3) is 5.69 Å². The molecule has 0 radical (unpaired) electrons. The van der Waals surface area contributed by atoms with Gasteiger partial charge in [-0.05, 0) is 18.2 Å². The molecule has 2 rings (SSSR count).